The van der Waals surface area contributed by atoms with E-state index in [0.717, 1.165) is 80.9 Å². The van der Waals surface area contributed by atoms with E-state index >= 15 is 0 Å². The fraction of sp³-hybridized carbons (Fsp3) is 0.745. The number of anilines is 1. The second-order valence-corrected chi connectivity index (χ2v) is 20.7. The monoisotopic (exact) mass is 1010 g/mol. The third-order valence-corrected chi connectivity index (χ3v) is 13.6. The predicted molar refractivity (Wildman–Crippen MR) is 258 cm³/mol. The number of nitrogens with zero attached hydrogens (tertiary/aromatic N) is 2. The number of esters is 2. The van der Waals surface area contributed by atoms with Crippen molar-refractivity contribution in [1.29, 1.82) is 0 Å². The summed E-state index contributed by atoms with van der Waals surface area (Å²) in [5.41, 5.74) is 4.58. The minimum absolute atomic E-state index is 0.00427. The molecule has 1 saturated heterocycles. The molecule has 19 nitrogen and oxygen atoms in total. The molecule has 0 spiro atoms. The zero-order valence-corrected chi connectivity index (χ0v) is 42.2. The maximum atomic E-state index is 12.8. The molecule has 3 unspecified atom stereocenters. The van der Waals surface area contributed by atoms with Gasteiger partial charge in [0.15, 0.2) is 12.3 Å². The number of nitrogens with two attached hydrogens (primary N) is 1. The van der Waals surface area contributed by atoms with Crippen LogP contribution in [0.5, 0.6) is 0 Å². The molecule has 1 aromatic rings. The van der Waals surface area contributed by atoms with Crippen molar-refractivity contribution in [1.82, 2.24) is 9.55 Å². The summed E-state index contributed by atoms with van der Waals surface area (Å²) in [6.45, 7) is 4.20. The topological polar surface area (TPSA) is 286 Å². The number of aliphatic hydroxyl groups is 3. The van der Waals surface area contributed by atoms with Crippen LogP contribution < -0.4 is 11.4 Å². The molecule has 8 atom stereocenters. The number of phosphoric acid groups is 2. The molecule has 1 fully saturated rings. The summed E-state index contributed by atoms with van der Waals surface area (Å²) < 4.78 is 56.7. The van der Waals surface area contributed by atoms with E-state index in [-0.39, 0.29) is 18.7 Å². The van der Waals surface area contributed by atoms with E-state index in [1.54, 1.807) is 6.08 Å². The molecule has 2 heterocycles. The molecule has 21 heteroatoms. The number of ether oxygens (including phenoxy) is 3. The molecule has 7 N–H and O–H groups in total. The molecule has 0 radical (unpaired) electrons. The molecule has 68 heavy (non-hydrogen) atoms. The van der Waals surface area contributed by atoms with Crippen LogP contribution in [-0.4, -0.2) is 96.9 Å². The predicted octanol–water partition coefficient (Wildman–Crippen LogP) is 8.44. The summed E-state index contributed by atoms with van der Waals surface area (Å²) in [5.74, 6) is -0.590. The molecule has 1 aromatic heterocycles. The van der Waals surface area contributed by atoms with Crippen LogP contribution in [0.3, 0.4) is 0 Å². The van der Waals surface area contributed by atoms with Crippen molar-refractivity contribution in [2.75, 3.05) is 25.6 Å². The first-order valence-corrected chi connectivity index (χ1v) is 27.5. The molecule has 0 aliphatic carbocycles. The molecule has 1 aliphatic rings. The van der Waals surface area contributed by atoms with Crippen molar-refractivity contribution in [2.24, 2.45) is 5.92 Å². The van der Waals surface area contributed by atoms with Crippen molar-refractivity contribution in [2.45, 2.75) is 199 Å². The molecule has 390 valence electrons. The molecule has 2 rings (SSSR count). The highest BCUT2D eigenvalue weighted by molar-refractivity contribution is 7.61. The second-order valence-electron chi connectivity index (χ2n) is 17.6. The van der Waals surface area contributed by atoms with E-state index in [1.807, 2.05) is 37.3 Å². The van der Waals surface area contributed by atoms with Crippen LogP contribution in [0, 0.1) is 5.92 Å². The Kier molecular flexibility index (Phi) is 31.5. The minimum Gasteiger partial charge on any atom is -0.462 e. The normalized spacial score (nSPS) is 20.3. The van der Waals surface area contributed by atoms with Gasteiger partial charge in [0.1, 0.15) is 30.7 Å². The standard InChI is InChI=1S/C47H81N3O16P2/c1-4-5-22-28-38(51)29-24-19-15-11-9-13-17-21-26-31-43(53)64-39(34-61-42(52)30-25-20-16-12-8-6-7-10-14-18-23-27-37(2)3)35-62-67(57,58)66-68(59,60)63-36-40-44(54)45(55)46(65-40)50-33-32-41(48)49-47(50)56/h5,15,19,22,24,29,32-33,37-40,44-46,51,54-55H,4,6-14,16-18,20-21,23,25-28,30-31,34-36H2,1-3H3,(H,57,58)(H,59,60)(H2,48,49,56)/b19-15+,22-5+,29-24+/t38?,39-,40-,44-,45-,46-/m1/s1. The molecule has 0 bridgehead atoms. The zero-order chi connectivity index (χ0) is 50.2. The van der Waals surface area contributed by atoms with Crippen LogP contribution >= 0.6 is 15.6 Å². The quantitative estimate of drug-likeness (QED) is 0.0119. The van der Waals surface area contributed by atoms with Gasteiger partial charge in [-0.15, -0.1) is 0 Å². The van der Waals surface area contributed by atoms with Gasteiger partial charge in [-0.25, -0.2) is 13.9 Å². The summed E-state index contributed by atoms with van der Waals surface area (Å²) in [6, 6.07) is 1.24. The molecular formula is C47H81N3O16P2. The highest BCUT2D eigenvalue weighted by Crippen LogP contribution is 2.60. The van der Waals surface area contributed by atoms with Crippen molar-refractivity contribution < 1.29 is 71.4 Å². The van der Waals surface area contributed by atoms with Crippen molar-refractivity contribution in [3.8, 4) is 0 Å². The van der Waals surface area contributed by atoms with Gasteiger partial charge in [-0.05, 0) is 50.5 Å². The van der Waals surface area contributed by atoms with Crippen molar-refractivity contribution in [3.05, 3.63) is 59.2 Å². The first-order chi connectivity index (χ1) is 32.4. The largest absolute Gasteiger partial charge is 0.481 e. The number of rotatable bonds is 39. The first kappa shape index (κ1) is 61.1. The lowest BCUT2D eigenvalue weighted by molar-refractivity contribution is -0.161. The number of phosphoric ester groups is 2. The number of hydrogen-bond acceptors (Lipinski definition) is 16. The summed E-state index contributed by atoms with van der Waals surface area (Å²) in [7, 11) is -10.9. The first-order valence-electron chi connectivity index (χ1n) is 24.5. The van der Waals surface area contributed by atoms with Gasteiger partial charge in [0, 0.05) is 19.0 Å². The number of aliphatic hydroxyl groups excluding tert-OH is 3. The number of unbranched alkanes of at least 4 members (excludes halogenated alkanes) is 15. The average molecular weight is 1010 g/mol. The Morgan fingerprint density at radius 3 is 2.01 bits per heavy atom. The van der Waals surface area contributed by atoms with Crippen molar-refractivity contribution in [3.63, 3.8) is 0 Å². The smallest absolute Gasteiger partial charge is 0.462 e. The summed E-state index contributed by atoms with van der Waals surface area (Å²) in [5, 5.41) is 30.8. The van der Waals surface area contributed by atoms with Crippen LogP contribution in [0.25, 0.3) is 0 Å². The second kappa shape index (κ2) is 35.1. The van der Waals surface area contributed by atoms with E-state index in [4.69, 9.17) is 29.0 Å². The maximum Gasteiger partial charge on any atom is 0.481 e. The lowest BCUT2D eigenvalue weighted by Crippen LogP contribution is -2.36. The Morgan fingerprint density at radius 2 is 1.40 bits per heavy atom. The summed E-state index contributed by atoms with van der Waals surface area (Å²) in [4.78, 5) is 61.8. The minimum atomic E-state index is -5.44. The Morgan fingerprint density at radius 1 is 0.809 bits per heavy atom. The van der Waals surface area contributed by atoms with Crippen LogP contribution in [-0.2, 0) is 46.3 Å². The van der Waals surface area contributed by atoms with Crippen molar-refractivity contribution >= 4 is 33.4 Å². The van der Waals surface area contributed by atoms with Gasteiger partial charge >= 0.3 is 33.3 Å². The van der Waals surface area contributed by atoms with Gasteiger partial charge in [0.25, 0.3) is 0 Å². The SMILES string of the molecule is CC/C=C/CC(O)/C=C/C=C/CCCCCCCC(=O)O[C@H](COC(=O)CCCCCCCCCCCCCC(C)C)COP(=O)(O)OP(=O)(O)OC[C@H]1O[C@@H](n2ccc(N)nc2=O)[C@H](O)[C@@H]1O. The fourth-order valence-electron chi connectivity index (χ4n) is 7.18. The van der Waals surface area contributed by atoms with Gasteiger partial charge in [-0.2, -0.15) is 9.29 Å². The third-order valence-electron chi connectivity index (χ3n) is 11.0. The van der Waals surface area contributed by atoms with Gasteiger partial charge in [-0.1, -0.05) is 147 Å². The number of carbonyl (C=O) groups excluding carboxylic acids is 2. The van der Waals surface area contributed by atoms with Gasteiger partial charge in [-0.3, -0.25) is 23.2 Å². The van der Waals surface area contributed by atoms with Crippen LogP contribution in [0.15, 0.2) is 53.5 Å². The van der Waals surface area contributed by atoms with E-state index in [2.05, 4.69) is 23.1 Å². The highest BCUT2D eigenvalue weighted by Gasteiger charge is 2.46. The highest BCUT2D eigenvalue weighted by atomic mass is 31.3. The number of aromatic nitrogens is 2. The molecular weight excluding hydrogens is 924 g/mol. The fourth-order valence-corrected chi connectivity index (χ4v) is 9.29. The Bertz CT molecular complexity index is 1810. The maximum absolute atomic E-state index is 12.8. The van der Waals surface area contributed by atoms with Crippen LogP contribution in [0.2, 0.25) is 0 Å². The van der Waals surface area contributed by atoms with E-state index in [1.165, 1.54) is 51.0 Å². The Balaban J connectivity index is 1.83. The third kappa shape index (κ3) is 28.6. The Labute approximate surface area is 402 Å². The number of hydrogen-bond donors (Lipinski definition) is 6. The van der Waals surface area contributed by atoms with Crippen LogP contribution in [0.1, 0.15) is 168 Å². The number of carbonyl (C=O) groups is 2. The molecule has 0 amide bonds. The average Bonchev–Trinajstić information content (AvgIpc) is 3.55. The van der Waals surface area contributed by atoms with E-state index in [0.29, 0.717) is 19.3 Å². The summed E-state index contributed by atoms with van der Waals surface area (Å²) >= 11 is 0. The molecule has 0 saturated carbocycles. The Hall–Kier alpha value is -3.06. The molecule has 1 aliphatic heterocycles. The van der Waals surface area contributed by atoms with E-state index < -0.39 is 89.8 Å². The molecule has 0 aromatic carbocycles. The van der Waals surface area contributed by atoms with Gasteiger partial charge in [0.05, 0.1) is 19.3 Å². The van der Waals surface area contributed by atoms with E-state index in [9.17, 15) is 48.6 Å². The lowest BCUT2D eigenvalue weighted by Gasteiger charge is -2.21. The van der Waals surface area contributed by atoms with Gasteiger partial charge < -0.3 is 45.1 Å². The lowest BCUT2D eigenvalue weighted by atomic mass is 10.0. The van der Waals surface area contributed by atoms with Gasteiger partial charge in [0.2, 0.25) is 0 Å². The summed E-state index contributed by atoms with van der Waals surface area (Å²) in [6.07, 6.45) is 24.3. The zero-order valence-electron chi connectivity index (χ0n) is 40.4. The number of nitrogen functional groups attached to an aromatic ring is 1. The number of allylic oxidation sites excluding steroid dienone is 4. The van der Waals surface area contributed by atoms with Crippen LogP contribution in [0.4, 0.5) is 5.82 Å².